The van der Waals surface area contributed by atoms with E-state index >= 15 is 0 Å². The molecule has 3 nitrogen and oxygen atoms in total. The highest BCUT2D eigenvalue weighted by atomic mass is 19.1. The van der Waals surface area contributed by atoms with E-state index in [4.69, 9.17) is 5.26 Å². The van der Waals surface area contributed by atoms with Gasteiger partial charge in [0.2, 0.25) is 5.91 Å². The Morgan fingerprint density at radius 2 is 2.00 bits per heavy atom. The van der Waals surface area contributed by atoms with Gasteiger partial charge in [-0.1, -0.05) is 0 Å². The number of rotatable bonds is 2. The first-order valence-corrected chi connectivity index (χ1v) is 5.54. The number of hydrogen-bond donors (Lipinski definition) is 0. The molecule has 0 N–H and O–H groups in total. The number of benzene rings is 1. The predicted octanol–water partition coefficient (Wildman–Crippen LogP) is 2.48. The van der Waals surface area contributed by atoms with Gasteiger partial charge in [-0.25, -0.2) is 4.39 Å². The Bertz CT molecular complexity index is 471. The molecule has 1 aromatic rings. The van der Waals surface area contributed by atoms with E-state index in [0.29, 0.717) is 18.5 Å². The van der Waals surface area contributed by atoms with Crippen molar-refractivity contribution in [3.63, 3.8) is 0 Å². The molecule has 0 heterocycles. The van der Waals surface area contributed by atoms with E-state index in [9.17, 15) is 9.18 Å². The molecule has 0 aromatic heterocycles. The lowest BCUT2D eigenvalue weighted by Crippen LogP contribution is -2.45. The number of nitriles is 1. The van der Waals surface area contributed by atoms with Crippen molar-refractivity contribution in [1.82, 2.24) is 0 Å². The van der Waals surface area contributed by atoms with E-state index in [1.54, 1.807) is 7.05 Å². The number of carbonyl (C=O) groups excluding carboxylic acids is 1. The Labute approximate surface area is 99.5 Å². The quantitative estimate of drug-likeness (QED) is 0.786. The molecule has 1 amide bonds. The minimum absolute atomic E-state index is 0.196. The van der Waals surface area contributed by atoms with E-state index in [0.717, 1.165) is 6.42 Å². The third-order valence-corrected chi connectivity index (χ3v) is 3.35. The molecule has 17 heavy (non-hydrogen) atoms. The Kier molecular flexibility index (Phi) is 2.84. The maximum absolute atomic E-state index is 12.8. The van der Waals surface area contributed by atoms with Crippen LogP contribution in [0.3, 0.4) is 0 Å². The highest BCUT2D eigenvalue weighted by Crippen LogP contribution is 2.42. The lowest BCUT2D eigenvalue weighted by atomic mass is 9.69. The summed E-state index contributed by atoms with van der Waals surface area (Å²) < 4.78 is 12.8. The third kappa shape index (κ3) is 1.89. The first-order valence-electron chi connectivity index (χ1n) is 5.54. The van der Waals surface area contributed by atoms with Crippen LogP contribution in [0.4, 0.5) is 10.1 Å². The van der Waals surface area contributed by atoms with Crippen molar-refractivity contribution in [1.29, 1.82) is 5.26 Å². The molecule has 4 heteroatoms. The van der Waals surface area contributed by atoms with Gasteiger partial charge >= 0.3 is 0 Å². The van der Waals surface area contributed by atoms with Crippen LogP contribution in [-0.2, 0) is 4.79 Å². The van der Waals surface area contributed by atoms with Crippen LogP contribution in [0, 0.1) is 22.6 Å². The number of halogens is 1. The van der Waals surface area contributed by atoms with Crippen LogP contribution in [-0.4, -0.2) is 13.0 Å². The van der Waals surface area contributed by atoms with E-state index < -0.39 is 5.41 Å². The first-order chi connectivity index (χ1) is 8.09. The summed E-state index contributed by atoms with van der Waals surface area (Å²) in [6.07, 6.45) is 2.15. The van der Waals surface area contributed by atoms with Crippen LogP contribution >= 0.6 is 0 Å². The normalized spacial score (nSPS) is 16.8. The van der Waals surface area contributed by atoms with E-state index in [1.165, 1.54) is 29.2 Å². The molecule has 88 valence electrons. The zero-order valence-electron chi connectivity index (χ0n) is 9.61. The van der Waals surface area contributed by atoms with Crippen molar-refractivity contribution in [2.24, 2.45) is 5.41 Å². The second kappa shape index (κ2) is 4.17. The zero-order valence-corrected chi connectivity index (χ0v) is 9.61. The summed E-state index contributed by atoms with van der Waals surface area (Å²) in [5.41, 5.74) is -0.249. The summed E-state index contributed by atoms with van der Waals surface area (Å²) in [7, 11) is 1.62. The average molecular weight is 232 g/mol. The third-order valence-electron chi connectivity index (χ3n) is 3.35. The molecule has 1 fully saturated rings. The van der Waals surface area contributed by atoms with Gasteiger partial charge in [0.05, 0.1) is 6.07 Å². The molecular formula is C13H13FN2O. The SMILES string of the molecule is CN(C(=O)C1(C#N)CCC1)c1ccc(F)cc1. The van der Waals surface area contributed by atoms with Crippen LogP contribution in [0.5, 0.6) is 0 Å². The van der Waals surface area contributed by atoms with Crippen molar-refractivity contribution in [2.45, 2.75) is 19.3 Å². The van der Waals surface area contributed by atoms with Crippen molar-refractivity contribution in [3.8, 4) is 6.07 Å². The topological polar surface area (TPSA) is 44.1 Å². The smallest absolute Gasteiger partial charge is 0.247 e. The van der Waals surface area contributed by atoms with Crippen LogP contribution in [0.2, 0.25) is 0 Å². The Balaban J connectivity index is 2.20. The molecule has 1 aliphatic rings. The Morgan fingerprint density at radius 3 is 2.41 bits per heavy atom. The average Bonchev–Trinajstić information content (AvgIpc) is 2.28. The molecule has 2 rings (SSSR count). The molecule has 0 bridgehead atoms. The van der Waals surface area contributed by atoms with Gasteiger partial charge in [-0.3, -0.25) is 4.79 Å². The molecule has 0 saturated heterocycles. The van der Waals surface area contributed by atoms with Gasteiger partial charge in [0.15, 0.2) is 0 Å². The molecule has 0 radical (unpaired) electrons. The number of nitrogens with zero attached hydrogens (tertiary/aromatic N) is 2. The fourth-order valence-electron chi connectivity index (χ4n) is 2.01. The maximum atomic E-state index is 12.8. The number of hydrogen-bond acceptors (Lipinski definition) is 2. The first kappa shape index (κ1) is 11.6. The molecule has 0 spiro atoms. The van der Waals surface area contributed by atoms with Crippen LogP contribution in [0.15, 0.2) is 24.3 Å². The molecule has 0 aliphatic heterocycles. The number of anilines is 1. The number of carbonyl (C=O) groups is 1. The summed E-state index contributed by atoms with van der Waals surface area (Å²) in [4.78, 5) is 13.6. The van der Waals surface area contributed by atoms with Gasteiger partial charge in [-0.2, -0.15) is 5.26 Å². The standard InChI is InChI=1S/C13H13FN2O/c1-16(11-5-3-10(14)4-6-11)12(17)13(9-15)7-2-8-13/h3-6H,2,7-8H2,1H3. The van der Waals surface area contributed by atoms with E-state index in [-0.39, 0.29) is 11.7 Å². The summed E-state index contributed by atoms with van der Waals surface area (Å²) >= 11 is 0. The second-order valence-electron chi connectivity index (χ2n) is 4.39. The lowest BCUT2D eigenvalue weighted by Gasteiger charge is -2.36. The molecule has 1 saturated carbocycles. The zero-order chi connectivity index (χ0) is 12.5. The molecule has 1 aromatic carbocycles. The van der Waals surface area contributed by atoms with Gasteiger partial charge in [0.1, 0.15) is 11.2 Å². The summed E-state index contributed by atoms with van der Waals surface area (Å²) in [6, 6.07) is 7.80. The van der Waals surface area contributed by atoms with Gasteiger partial charge < -0.3 is 4.90 Å². The van der Waals surface area contributed by atoms with Crippen molar-refractivity contribution >= 4 is 11.6 Å². The maximum Gasteiger partial charge on any atom is 0.247 e. The highest BCUT2D eigenvalue weighted by molar-refractivity contribution is 5.99. The Morgan fingerprint density at radius 1 is 1.41 bits per heavy atom. The summed E-state index contributed by atoms with van der Waals surface area (Å²) in [6.45, 7) is 0. The van der Waals surface area contributed by atoms with Crippen LogP contribution in [0.1, 0.15) is 19.3 Å². The molecule has 0 atom stereocenters. The largest absolute Gasteiger partial charge is 0.314 e. The Hall–Kier alpha value is -1.89. The minimum atomic E-state index is -0.858. The second-order valence-corrected chi connectivity index (χ2v) is 4.39. The monoisotopic (exact) mass is 232 g/mol. The number of amides is 1. The lowest BCUT2D eigenvalue weighted by molar-refractivity contribution is -0.128. The van der Waals surface area contributed by atoms with Crippen molar-refractivity contribution in [3.05, 3.63) is 30.1 Å². The highest BCUT2D eigenvalue weighted by Gasteiger charge is 2.46. The van der Waals surface area contributed by atoms with Crippen molar-refractivity contribution in [2.75, 3.05) is 11.9 Å². The molecule has 1 aliphatic carbocycles. The van der Waals surface area contributed by atoms with Gasteiger partial charge in [-0.15, -0.1) is 0 Å². The van der Waals surface area contributed by atoms with Crippen LogP contribution < -0.4 is 4.90 Å². The molecular weight excluding hydrogens is 219 g/mol. The van der Waals surface area contributed by atoms with Crippen LogP contribution in [0.25, 0.3) is 0 Å². The van der Waals surface area contributed by atoms with Gasteiger partial charge in [0, 0.05) is 12.7 Å². The van der Waals surface area contributed by atoms with Crippen molar-refractivity contribution < 1.29 is 9.18 Å². The van der Waals surface area contributed by atoms with E-state index in [1.807, 2.05) is 0 Å². The molecule has 0 unspecified atom stereocenters. The minimum Gasteiger partial charge on any atom is -0.314 e. The van der Waals surface area contributed by atoms with Gasteiger partial charge in [0.25, 0.3) is 0 Å². The summed E-state index contributed by atoms with van der Waals surface area (Å²) in [5.74, 6) is -0.536. The van der Waals surface area contributed by atoms with E-state index in [2.05, 4.69) is 6.07 Å². The predicted molar refractivity (Wildman–Crippen MR) is 61.7 cm³/mol. The fraction of sp³-hybridized carbons (Fsp3) is 0.385. The van der Waals surface area contributed by atoms with Gasteiger partial charge in [-0.05, 0) is 43.5 Å². The summed E-state index contributed by atoms with van der Waals surface area (Å²) in [5, 5.41) is 9.09. The fourth-order valence-corrected chi connectivity index (χ4v) is 2.01.